The zero-order valence-electron chi connectivity index (χ0n) is 18.0. The summed E-state index contributed by atoms with van der Waals surface area (Å²) in [6.45, 7) is 2.07. The van der Waals surface area contributed by atoms with Gasteiger partial charge in [-0.25, -0.2) is 9.80 Å². The van der Waals surface area contributed by atoms with Crippen LogP contribution in [0.5, 0.6) is 0 Å². The number of imide groups is 2. The Hall–Kier alpha value is -3.20. The zero-order chi connectivity index (χ0) is 24.0. The Balaban J connectivity index is 1.30. The summed E-state index contributed by atoms with van der Waals surface area (Å²) < 4.78 is 0. The number of halogens is 2. The summed E-state index contributed by atoms with van der Waals surface area (Å²) in [6.07, 6.45) is 2.95. The monoisotopic (exact) mass is 498 g/mol. The number of fused-ring (bicyclic) bond motifs is 1. The number of nitrogens with zero attached hydrogens (tertiary/aromatic N) is 3. The van der Waals surface area contributed by atoms with Crippen molar-refractivity contribution < 1.29 is 19.2 Å². The van der Waals surface area contributed by atoms with Crippen molar-refractivity contribution in [2.24, 2.45) is 0 Å². The first-order chi connectivity index (χ1) is 16.3. The highest BCUT2D eigenvalue weighted by Crippen LogP contribution is 2.34. The molecular formula is C24H20Cl2N4O4. The van der Waals surface area contributed by atoms with Crippen molar-refractivity contribution in [1.82, 2.24) is 20.2 Å². The number of carbonyl (C=O) groups is 4. The van der Waals surface area contributed by atoms with Crippen LogP contribution in [0, 0.1) is 0 Å². The summed E-state index contributed by atoms with van der Waals surface area (Å²) in [7, 11) is 0. The number of amides is 5. The van der Waals surface area contributed by atoms with Crippen molar-refractivity contribution in [1.29, 1.82) is 0 Å². The van der Waals surface area contributed by atoms with Gasteiger partial charge in [0, 0.05) is 26.1 Å². The molecule has 2 aromatic carbocycles. The van der Waals surface area contributed by atoms with E-state index in [9.17, 15) is 19.2 Å². The standard InChI is InChI=1S/C24H20Cl2N4O4/c25-19-3-1-2-16(21(19)26)15-6-9-28(10-7-15)13-14-4-5-17-18(12-14)23(33)30(22(17)32)29-11-8-20(31)27-24(29)34/h1-6,12H,7-11,13H2,(H,27,31,34). The van der Waals surface area contributed by atoms with Gasteiger partial charge in [0.1, 0.15) is 0 Å². The normalized spacial score (nSPS) is 18.8. The molecule has 5 amide bonds. The van der Waals surface area contributed by atoms with Gasteiger partial charge in [-0.2, -0.15) is 5.01 Å². The molecule has 174 valence electrons. The number of benzene rings is 2. The maximum atomic E-state index is 13.0. The van der Waals surface area contributed by atoms with Crippen LogP contribution in [-0.4, -0.2) is 58.3 Å². The number of hydrogen-bond donors (Lipinski definition) is 1. The molecule has 8 nitrogen and oxygen atoms in total. The van der Waals surface area contributed by atoms with Gasteiger partial charge in [-0.15, -0.1) is 0 Å². The minimum Gasteiger partial charge on any atom is -0.295 e. The van der Waals surface area contributed by atoms with Gasteiger partial charge in [0.15, 0.2) is 0 Å². The highest BCUT2D eigenvalue weighted by molar-refractivity contribution is 6.43. The molecule has 3 heterocycles. The average Bonchev–Trinajstić information content (AvgIpc) is 3.06. The van der Waals surface area contributed by atoms with Crippen LogP contribution in [0.15, 0.2) is 42.5 Å². The summed E-state index contributed by atoms with van der Waals surface area (Å²) in [5, 5.41) is 5.03. The van der Waals surface area contributed by atoms with Crippen molar-refractivity contribution in [2.75, 3.05) is 19.6 Å². The van der Waals surface area contributed by atoms with Gasteiger partial charge < -0.3 is 0 Å². The minimum absolute atomic E-state index is 0.0231. The third-order valence-corrected chi connectivity index (χ3v) is 7.02. The molecule has 10 heteroatoms. The second-order valence-electron chi connectivity index (χ2n) is 8.34. The highest BCUT2D eigenvalue weighted by atomic mass is 35.5. The molecule has 0 unspecified atom stereocenters. The van der Waals surface area contributed by atoms with Crippen LogP contribution in [0.25, 0.3) is 5.57 Å². The van der Waals surface area contributed by atoms with Crippen molar-refractivity contribution in [2.45, 2.75) is 19.4 Å². The molecule has 1 fully saturated rings. The fourth-order valence-corrected chi connectivity index (χ4v) is 4.87. The Kier molecular flexibility index (Phi) is 5.89. The van der Waals surface area contributed by atoms with Gasteiger partial charge in [-0.3, -0.25) is 24.6 Å². The highest BCUT2D eigenvalue weighted by Gasteiger charge is 2.43. The number of hydrogen-bond acceptors (Lipinski definition) is 5. The quantitative estimate of drug-likeness (QED) is 0.648. The van der Waals surface area contributed by atoms with E-state index < -0.39 is 23.8 Å². The summed E-state index contributed by atoms with van der Waals surface area (Å²) in [5.41, 5.74) is 3.48. The van der Waals surface area contributed by atoms with Gasteiger partial charge in [0.05, 0.1) is 27.7 Å². The Labute approximate surface area is 205 Å². The van der Waals surface area contributed by atoms with E-state index in [-0.39, 0.29) is 24.1 Å². The van der Waals surface area contributed by atoms with Crippen LogP contribution >= 0.6 is 23.2 Å². The van der Waals surface area contributed by atoms with E-state index in [1.54, 1.807) is 18.2 Å². The summed E-state index contributed by atoms with van der Waals surface area (Å²) in [4.78, 5) is 51.6. The molecule has 0 aromatic heterocycles. The summed E-state index contributed by atoms with van der Waals surface area (Å²) in [5.74, 6) is -1.57. The van der Waals surface area contributed by atoms with Gasteiger partial charge in [-0.1, -0.05) is 47.5 Å². The number of urea groups is 1. The van der Waals surface area contributed by atoms with Crippen LogP contribution in [0.3, 0.4) is 0 Å². The predicted molar refractivity (Wildman–Crippen MR) is 126 cm³/mol. The zero-order valence-corrected chi connectivity index (χ0v) is 19.5. The van der Waals surface area contributed by atoms with Gasteiger partial charge >= 0.3 is 6.03 Å². The van der Waals surface area contributed by atoms with E-state index in [0.717, 1.165) is 39.7 Å². The maximum absolute atomic E-state index is 13.0. The second kappa shape index (κ2) is 8.87. The number of carbonyl (C=O) groups excluding carboxylic acids is 4. The van der Waals surface area contributed by atoms with Crippen molar-refractivity contribution in [3.8, 4) is 0 Å². The first-order valence-corrected chi connectivity index (χ1v) is 11.6. The first-order valence-electron chi connectivity index (χ1n) is 10.8. The first kappa shape index (κ1) is 22.6. The van der Waals surface area contributed by atoms with E-state index in [1.807, 2.05) is 18.2 Å². The molecule has 34 heavy (non-hydrogen) atoms. The number of hydrazine groups is 1. The van der Waals surface area contributed by atoms with E-state index >= 15 is 0 Å². The fourth-order valence-electron chi connectivity index (χ4n) is 4.45. The smallest absolute Gasteiger partial charge is 0.295 e. The molecule has 0 bridgehead atoms. The third-order valence-electron chi connectivity index (χ3n) is 6.20. The van der Waals surface area contributed by atoms with Gasteiger partial charge in [0.25, 0.3) is 11.8 Å². The Morgan fingerprint density at radius 1 is 0.882 bits per heavy atom. The summed E-state index contributed by atoms with van der Waals surface area (Å²) in [6, 6.07) is 9.98. The average molecular weight is 499 g/mol. The minimum atomic E-state index is -0.776. The van der Waals surface area contributed by atoms with E-state index in [4.69, 9.17) is 23.2 Å². The molecule has 0 radical (unpaired) electrons. The molecule has 0 spiro atoms. The lowest BCUT2D eigenvalue weighted by molar-refractivity contribution is -0.122. The third kappa shape index (κ3) is 3.98. The summed E-state index contributed by atoms with van der Waals surface area (Å²) >= 11 is 12.5. The van der Waals surface area contributed by atoms with Gasteiger partial charge in [0.2, 0.25) is 5.91 Å². The predicted octanol–water partition coefficient (Wildman–Crippen LogP) is 3.74. The molecule has 1 saturated heterocycles. The maximum Gasteiger partial charge on any atom is 0.343 e. The molecule has 0 atom stereocenters. The number of rotatable bonds is 4. The van der Waals surface area contributed by atoms with Crippen molar-refractivity contribution >= 4 is 52.5 Å². The van der Waals surface area contributed by atoms with Crippen LogP contribution in [0.4, 0.5) is 4.79 Å². The lowest BCUT2D eigenvalue weighted by Crippen LogP contribution is -2.58. The van der Waals surface area contributed by atoms with Crippen molar-refractivity contribution in [3.63, 3.8) is 0 Å². The molecule has 1 N–H and O–H groups in total. The number of nitrogens with one attached hydrogen (secondary N) is 1. The SMILES string of the molecule is O=C1CCN(N2C(=O)c3ccc(CN4CC=C(c5cccc(Cl)c5Cl)CC4)cc3C2=O)C(=O)N1. The molecule has 3 aliphatic heterocycles. The van der Waals surface area contributed by atoms with Gasteiger partial charge in [-0.05, 0) is 41.3 Å². The molecule has 0 aliphatic carbocycles. The lowest BCUT2D eigenvalue weighted by atomic mass is 9.98. The Morgan fingerprint density at radius 3 is 2.41 bits per heavy atom. The lowest BCUT2D eigenvalue weighted by Gasteiger charge is -2.32. The van der Waals surface area contributed by atoms with Crippen LogP contribution in [-0.2, 0) is 11.3 Å². The molecular weight excluding hydrogens is 479 g/mol. The molecule has 5 rings (SSSR count). The fraction of sp³-hybridized carbons (Fsp3) is 0.250. The second-order valence-corrected chi connectivity index (χ2v) is 9.13. The molecule has 3 aliphatic rings. The van der Waals surface area contributed by atoms with E-state index in [2.05, 4.69) is 16.3 Å². The van der Waals surface area contributed by atoms with Crippen LogP contribution in [0.2, 0.25) is 10.0 Å². The topological polar surface area (TPSA) is 90.0 Å². The van der Waals surface area contributed by atoms with Crippen molar-refractivity contribution in [3.05, 3.63) is 74.8 Å². The molecule has 2 aromatic rings. The Morgan fingerprint density at radius 2 is 1.68 bits per heavy atom. The largest absolute Gasteiger partial charge is 0.343 e. The molecule has 0 saturated carbocycles. The Bertz CT molecular complexity index is 1280. The van der Waals surface area contributed by atoms with Crippen LogP contribution < -0.4 is 5.32 Å². The van der Waals surface area contributed by atoms with E-state index in [1.165, 1.54) is 0 Å². The van der Waals surface area contributed by atoms with E-state index in [0.29, 0.717) is 23.1 Å². The van der Waals surface area contributed by atoms with Crippen LogP contribution in [0.1, 0.15) is 44.7 Å².